The van der Waals surface area contributed by atoms with E-state index in [-0.39, 0.29) is 12.3 Å². The Morgan fingerprint density at radius 3 is 2.09 bits per heavy atom. The van der Waals surface area contributed by atoms with Crippen LogP contribution in [0.4, 0.5) is 0 Å². The van der Waals surface area contributed by atoms with E-state index in [4.69, 9.17) is 14.6 Å². The molecule has 0 radical (unpaired) electrons. The molecule has 0 saturated carbocycles. The Kier molecular flexibility index (Phi) is 5.81. The quantitative estimate of drug-likeness (QED) is 0.839. The monoisotopic (exact) mass is 322 g/mol. The van der Waals surface area contributed by atoms with Crippen LogP contribution < -0.4 is 9.47 Å². The first-order chi connectivity index (χ1) is 11.0. The fourth-order valence-electron chi connectivity index (χ4n) is 2.54. The third kappa shape index (κ3) is 4.59. The van der Waals surface area contributed by atoms with Crippen LogP contribution in [0, 0.1) is 0 Å². The van der Waals surface area contributed by atoms with Gasteiger partial charge in [0.15, 0.2) is 0 Å². The molecular weight excluding hydrogens is 300 g/mol. The first kappa shape index (κ1) is 17.1. The lowest BCUT2D eigenvalue weighted by atomic mass is 10.1. The van der Waals surface area contributed by atoms with Crippen LogP contribution in [-0.2, 0) is 4.79 Å². The fraction of sp³-hybridized carbons (Fsp3) is 0.500. The molecule has 0 bridgehead atoms. The summed E-state index contributed by atoms with van der Waals surface area (Å²) in [5, 5.41) is 8.72. The van der Waals surface area contributed by atoms with Crippen molar-refractivity contribution in [3.63, 3.8) is 0 Å². The molecule has 7 nitrogen and oxygen atoms in total. The summed E-state index contributed by atoms with van der Waals surface area (Å²) in [5.74, 6) is 0.285. The Labute approximate surface area is 135 Å². The highest BCUT2D eigenvalue weighted by Crippen LogP contribution is 2.23. The molecule has 7 heteroatoms. The standard InChI is InChI=1S/C16H22N2O5/c1-22-13-9-12(10-14(11-13)23-2)16(21)18-7-5-17(6-8-18)4-3-15(19)20/h9-11H,3-8H2,1-2H3,(H,19,20). The van der Waals surface area contributed by atoms with Crippen LogP contribution >= 0.6 is 0 Å². The summed E-state index contributed by atoms with van der Waals surface area (Å²) in [6, 6.07) is 5.12. The van der Waals surface area contributed by atoms with Crippen molar-refractivity contribution in [1.29, 1.82) is 0 Å². The minimum Gasteiger partial charge on any atom is -0.497 e. The van der Waals surface area contributed by atoms with Crippen LogP contribution in [0.1, 0.15) is 16.8 Å². The van der Waals surface area contributed by atoms with Crippen molar-refractivity contribution in [2.75, 3.05) is 46.9 Å². The third-order valence-corrected chi connectivity index (χ3v) is 3.90. The van der Waals surface area contributed by atoms with Crippen LogP contribution in [0.25, 0.3) is 0 Å². The molecule has 1 aliphatic rings. The van der Waals surface area contributed by atoms with Crippen molar-refractivity contribution < 1.29 is 24.2 Å². The van der Waals surface area contributed by atoms with Gasteiger partial charge in [0.2, 0.25) is 0 Å². The van der Waals surface area contributed by atoms with E-state index in [2.05, 4.69) is 4.90 Å². The number of benzene rings is 1. The highest BCUT2D eigenvalue weighted by Gasteiger charge is 2.23. The Hall–Kier alpha value is -2.28. The number of aliphatic carboxylic acids is 1. The molecule has 1 amide bonds. The summed E-state index contributed by atoms with van der Waals surface area (Å²) in [6.45, 7) is 3.04. The Morgan fingerprint density at radius 1 is 1.04 bits per heavy atom. The summed E-state index contributed by atoms with van der Waals surface area (Å²) in [6.07, 6.45) is 0.126. The molecule has 1 fully saturated rings. The summed E-state index contributed by atoms with van der Waals surface area (Å²) < 4.78 is 10.4. The second kappa shape index (κ2) is 7.82. The summed E-state index contributed by atoms with van der Waals surface area (Å²) in [7, 11) is 3.09. The zero-order valence-corrected chi connectivity index (χ0v) is 13.4. The van der Waals surface area contributed by atoms with Gasteiger partial charge in [-0.1, -0.05) is 0 Å². The number of nitrogens with zero attached hydrogens (tertiary/aromatic N) is 2. The molecule has 1 N–H and O–H groups in total. The highest BCUT2D eigenvalue weighted by molar-refractivity contribution is 5.95. The maximum atomic E-state index is 12.6. The van der Waals surface area contributed by atoms with E-state index in [9.17, 15) is 9.59 Å². The SMILES string of the molecule is COc1cc(OC)cc(C(=O)N2CCN(CCC(=O)O)CC2)c1. The van der Waals surface area contributed by atoms with Gasteiger partial charge in [-0.2, -0.15) is 0 Å². The maximum Gasteiger partial charge on any atom is 0.304 e. The molecular formula is C16H22N2O5. The van der Waals surface area contributed by atoms with Crippen LogP contribution in [0.3, 0.4) is 0 Å². The summed E-state index contributed by atoms with van der Waals surface area (Å²) >= 11 is 0. The van der Waals surface area contributed by atoms with Gasteiger partial charge in [-0.25, -0.2) is 0 Å². The minimum absolute atomic E-state index is 0.0694. The van der Waals surface area contributed by atoms with Crippen LogP contribution in [0.5, 0.6) is 11.5 Å². The molecule has 0 aliphatic carbocycles. The Balaban J connectivity index is 1.98. The number of piperazine rings is 1. The molecule has 1 aromatic rings. The van der Waals surface area contributed by atoms with E-state index in [0.717, 1.165) is 0 Å². The molecule has 23 heavy (non-hydrogen) atoms. The first-order valence-corrected chi connectivity index (χ1v) is 7.50. The van der Waals surface area contributed by atoms with Gasteiger partial charge in [0, 0.05) is 44.4 Å². The van der Waals surface area contributed by atoms with E-state index >= 15 is 0 Å². The zero-order chi connectivity index (χ0) is 16.8. The van der Waals surface area contributed by atoms with Crippen molar-refractivity contribution in [2.45, 2.75) is 6.42 Å². The Bertz CT molecular complexity index is 545. The third-order valence-electron chi connectivity index (χ3n) is 3.90. The number of rotatable bonds is 6. The topological polar surface area (TPSA) is 79.3 Å². The zero-order valence-electron chi connectivity index (χ0n) is 13.4. The lowest BCUT2D eigenvalue weighted by molar-refractivity contribution is -0.137. The van der Waals surface area contributed by atoms with Gasteiger partial charge < -0.3 is 19.5 Å². The Morgan fingerprint density at radius 2 is 1.61 bits per heavy atom. The number of ether oxygens (including phenoxy) is 2. The summed E-state index contributed by atoms with van der Waals surface area (Å²) in [5.41, 5.74) is 0.528. The van der Waals surface area contributed by atoms with Crippen molar-refractivity contribution in [1.82, 2.24) is 9.80 Å². The number of hydrogen-bond acceptors (Lipinski definition) is 5. The van der Waals surface area contributed by atoms with Crippen molar-refractivity contribution in [2.24, 2.45) is 0 Å². The highest BCUT2D eigenvalue weighted by atomic mass is 16.5. The molecule has 0 unspecified atom stereocenters. The van der Waals surface area contributed by atoms with E-state index in [1.54, 1.807) is 37.3 Å². The number of methoxy groups -OCH3 is 2. The number of carbonyl (C=O) groups is 2. The van der Waals surface area contributed by atoms with Crippen molar-refractivity contribution in [3.8, 4) is 11.5 Å². The van der Waals surface area contributed by atoms with Gasteiger partial charge in [-0.15, -0.1) is 0 Å². The number of carboxylic acids is 1. The van der Waals surface area contributed by atoms with Crippen molar-refractivity contribution in [3.05, 3.63) is 23.8 Å². The first-order valence-electron chi connectivity index (χ1n) is 7.50. The van der Waals surface area contributed by atoms with E-state index in [1.165, 1.54) is 0 Å². The molecule has 1 aliphatic heterocycles. The number of carboxylic acid groups (broad SMARTS) is 1. The lowest BCUT2D eigenvalue weighted by Crippen LogP contribution is -2.49. The second-order valence-electron chi connectivity index (χ2n) is 5.38. The van der Waals surface area contributed by atoms with Crippen LogP contribution in [0.15, 0.2) is 18.2 Å². The van der Waals surface area contributed by atoms with Crippen LogP contribution in [-0.4, -0.2) is 73.7 Å². The van der Waals surface area contributed by atoms with Crippen molar-refractivity contribution >= 4 is 11.9 Å². The molecule has 1 aromatic carbocycles. The van der Waals surface area contributed by atoms with Gasteiger partial charge in [-0.3, -0.25) is 14.5 Å². The molecule has 0 aromatic heterocycles. The van der Waals surface area contributed by atoms with Gasteiger partial charge in [-0.05, 0) is 12.1 Å². The number of carbonyl (C=O) groups excluding carboxylic acids is 1. The predicted octanol–water partition coefficient (Wildman–Crippen LogP) is 0.936. The van der Waals surface area contributed by atoms with Gasteiger partial charge in [0.1, 0.15) is 11.5 Å². The summed E-state index contributed by atoms with van der Waals surface area (Å²) in [4.78, 5) is 27.0. The normalized spacial score (nSPS) is 15.3. The van der Waals surface area contributed by atoms with E-state index in [1.807, 2.05) is 0 Å². The second-order valence-corrected chi connectivity index (χ2v) is 5.38. The molecule has 0 atom stereocenters. The molecule has 2 rings (SSSR count). The van der Waals surface area contributed by atoms with Gasteiger partial charge in [0.05, 0.1) is 20.6 Å². The number of amides is 1. The lowest BCUT2D eigenvalue weighted by Gasteiger charge is -2.34. The molecule has 0 spiro atoms. The van der Waals surface area contributed by atoms with E-state index in [0.29, 0.717) is 49.8 Å². The average molecular weight is 322 g/mol. The fourth-order valence-corrected chi connectivity index (χ4v) is 2.54. The smallest absolute Gasteiger partial charge is 0.304 e. The number of hydrogen-bond donors (Lipinski definition) is 1. The molecule has 1 saturated heterocycles. The predicted molar refractivity (Wildman–Crippen MR) is 84.1 cm³/mol. The molecule has 1 heterocycles. The van der Waals surface area contributed by atoms with Crippen LogP contribution in [0.2, 0.25) is 0 Å². The average Bonchev–Trinajstić information content (AvgIpc) is 2.59. The minimum atomic E-state index is -0.799. The maximum absolute atomic E-state index is 12.6. The van der Waals surface area contributed by atoms with Gasteiger partial charge in [0.25, 0.3) is 5.91 Å². The molecule has 126 valence electrons. The van der Waals surface area contributed by atoms with Gasteiger partial charge >= 0.3 is 5.97 Å². The van der Waals surface area contributed by atoms with E-state index < -0.39 is 5.97 Å². The largest absolute Gasteiger partial charge is 0.497 e.